The molecule has 0 spiro atoms. The first kappa shape index (κ1) is 12.8. The summed E-state index contributed by atoms with van der Waals surface area (Å²) >= 11 is 8.00. The minimum atomic E-state index is -0.222. The molecule has 1 atom stereocenters. The van der Waals surface area contributed by atoms with Crippen LogP contribution in [0.2, 0.25) is 5.02 Å². The second kappa shape index (κ2) is 5.78. The van der Waals surface area contributed by atoms with E-state index in [-0.39, 0.29) is 10.6 Å². The number of nitrogens with one attached hydrogen (secondary N) is 1. The first-order valence-corrected chi connectivity index (χ1v) is 7.33. The Morgan fingerprint density at radius 2 is 2.53 bits per heavy atom. The molecule has 0 saturated carbocycles. The first-order valence-electron chi connectivity index (χ1n) is 5.79. The molecule has 1 aromatic heterocycles. The summed E-state index contributed by atoms with van der Waals surface area (Å²) in [7, 11) is 0. The van der Waals surface area contributed by atoms with E-state index in [2.05, 4.69) is 10.4 Å². The third-order valence-electron chi connectivity index (χ3n) is 2.89. The van der Waals surface area contributed by atoms with Gasteiger partial charge in [0, 0.05) is 13.1 Å². The summed E-state index contributed by atoms with van der Waals surface area (Å²) in [4.78, 5) is 11.7. The maximum Gasteiger partial charge on any atom is 0.287 e. The van der Waals surface area contributed by atoms with Gasteiger partial charge in [-0.25, -0.2) is 4.68 Å². The van der Waals surface area contributed by atoms with Gasteiger partial charge in [-0.05, 0) is 30.8 Å². The van der Waals surface area contributed by atoms with Gasteiger partial charge in [0.05, 0.1) is 11.9 Å². The van der Waals surface area contributed by atoms with E-state index in [4.69, 9.17) is 11.6 Å². The summed E-state index contributed by atoms with van der Waals surface area (Å²) in [6.45, 7) is 3.27. The van der Waals surface area contributed by atoms with E-state index in [1.54, 1.807) is 6.20 Å². The van der Waals surface area contributed by atoms with Crippen LogP contribution in [0.3, 0.4) is 0 Å². The number of hydrogen-bond acceptors (Lipinski definition) is 4. The van der Waals surface area contributed by atoms with Crippen LogP contribution < -0.4 is 10.9 Å². The lowest BCUT2D eigenvalue weighted by molar-refractivity contribution is 0.611. The van der Waals surface area contributed by atoms with Gasteiger partial charge >= 0.3 is 0 Å². The lowest BCUT2D eigenvalue weighted by Gasteiger charge is -2.12. The molecule has 0 radical (unpaired) electrons. The van der Waals surface area contributed by atoms with Crippen LogP contribution in [0.4, 0.5) is 5.69 Å². The van der Waals surface area contributed by atoms with Gasteiger partial charge < -0.3 is 5.32 Å². The molecule has 17 heavy (non-hydrogen) atoms. The molecule has 0 aliphatic carbocycles. The maximum atomic E-state index is 11.7. The molecule has 2 rings (SSSR count). The van der Waals surface area contributed by atoms with Crippen LogP contribution in [-0.2, 0) is 6.54 Å². The highest BCUT2D eigenvalue weighted by Crippen LogP contribution is 2.24. The second-order valence-corrected chi connectivity index (χ2v) is 5.63. The van der Waals surface area contributed by atoms with Gasteiger partial charge in [0.2, 0.25) is 0 Å². The minimum absolute atomic E-state index is 0.222. The summed E-state index contributed by atoms with van der Waals surface area (Å²) in [5, 5.41) is 7.52. The van der Waals surface area contributed by atoms with Gasteiger partial charge in [-0.1, -0.05) is 11.6 Å². The Morgan fingerprint density at radius 3 is 3.18 bits per heavy atom. The van der Waals surface area contributed by atoms with E-state index in [1.165, 1.54) is 22.6 Å². The van der Waals surface area contributed by atoms with Crippen molar-refractivity contribution in [2.24, 2.45) is 5.92 Å². The maximum absolute atomic E-state index is 11.7. The molecule has 2 heterocycles. The normalized spacial score (nSPS) is 19.5. The number of hydrogen-bond donors (Lipinski definition) is 1. The average Bonchev–Trinajstić information content (AvgIpc) is 2.84. The van der Waals surface area contributed by atoms with Crippen LogP contribution in [0, 0.1) is 5.92 Å². The Bertz CT molecular complexity index is 443. The molecule has 0 amide bonds. The topological polar surface area (TPSA) is 46.9 Å². The highest BCUT2D eigenvalue weighted by atomic mass is 35.5. The molecule has 1 fully saturated rings. The van der Waals surface area contributed by atoms with Crippen LogP contribution >= 0.6 is 23.4 Å². The highest BCUT2D eigenvalue weighted by Gasteiger charge is 2.16. The Balaban J connectivity index is 2.05. The largest absolute Gasteiger partial charge is 0.382 e. The van der Waals surface area contributed by atoms with Gasteiger partial charge in [-0.2, -0.15) is 16.9 Å². The van der Waals surface area contributed by atoms with Crippen molar-refractivity contribution in [3.63, 3.8) is 0 Å². The first-order chi connectivity index (χ1) is 8.22. The monoisotopic (exact) mass is 273 g/mol. The number of rotatable bonds is 4. The third kappa shape index (κ3) is 2.96. The summed E-state index contributed by atoms with van der Waals surface area (Å²) in [5.74, 6) is 3.09. The number of aromatic nitrogens is 2. The summed E-state index contributed by atoms with van der Waals surface area (Å²) in [6.07, 6.45) is 2.87. The van der Waals surface area contributed by atoms with E-state index in [0.29, 0.717) is 18.2 Å². The van der Waals surface area contributed by atoms with Crippen molar-refractivity contribution in [3.05, 3.63) is 21.6 Å². The Labute approximate surface area is 110 Å². The van der Waals surface area contributed by atoms with Crippen molar-refractivity contribution < 1.29 is 0 Å². The zero-order valence-corrected chi connectivity index (χ0v) is 11.4. The lowest BCUT2D eigenvalue weighted by Crippen LogP contribution is -2.24. The van der Waals surface area contributed by atoms with E-state index in [9.17, 15) is 4.79 Å². The molecular weight excluding hydrogens is 258 g/mol. The van der Waals surface area contributed by atoms with Gasteiger partial charge in [-0.3, -0.25) is 4.79 Å². The van der Waals surface area contributed by atoms with Crippen molar-refractivity contribution in [3.8, 4) is 0 Å². The molecule has 1 unspecified atom stereocenters. The van der Waals surface area contributed by atoms with Crippen LogP contribution in [-0.4, -0.2) is 27.8 Å². The molecule has 1 aromatic rings. The molecular formula is C11H16ClN3OS. The van der Waals surface area contributed by atoms with Gasteiger partial charge in [0.15, 0.2) is 0 Å². The molecule has 0 bridgehead atoms. The van der Waals surface area contributed by atoms with E-state index in [0.717, 1.165) is 6.54 Å². The third-order valence-corrected chi connectivity index (χ3v) is 4.49. The Morgan fingerprint density at radius 1 is 1.71 bits per heavy atom. The fourth-order valence-corrected chi connectivity index (χ4v) is 3.31. The summed E-state index contributed by atoms with van der Waals surface area (Å²) < 4.78 is 1.36. The second-order valence-electron chi connectivity index (χ2n) is 4.10. The molecule has 0 aromatic carbocycles. The van der Waals surface area contributed by atoms with Crippen molar-refractivity contribution >= 4 is 29.1 Å². The smallest absolute Gasteiger partial charge is 0.287 e. The fourth-order valence-electron chi connectivity index (χ4n) is 1.81. The number of anilines is 1. The molecule has 1 aliphatic rings. The zero-order chi connectivity index (χ0) is 12.3. The molecule has 1 N–H and O–H groups in total. The fraction of sp³-hybridized carbons (Fsp3) is 0.636. The number of aryl methyl sites for hydroxylation is 1. The Kier molecular flexibility index (Phi) is 4.34. The Hall–Kier alpha value is -0.680. The molecule has 1 saturated heterocycles. The van der Waals surface area contributed by atoms with Crippen LogP contribution in [0.15, 0.2) is 11.0 Å². The number of thioether (sulfide) groups is 1. The molecule has 6 heteroatoms. The summed E-state index contributed by atoms with van der Waals surface area (Å²) in [6, 6.07) is 0. The van der Waals surface area contributed by atoms with Gasteiger partial charge in [0.25, 0.3) is 5.56 Å². The standard InChI is InChI=1S/C11H16ClN3OS/c1-2-15-11(16)10(12)9(6-14-15)13-5-8-3-4-17-7-8/h6,8,13H,2-5,7H2,1H3. The molecule has 4 nitrogen and oxygen atoms in total. The predicted molar refractivity (Wildman–Crippen MR) is 73.1 cm³/mol. The van der Waals surface area contributed by atoms with Crippen LogP contribution in [0.25, 0.3) is 0 Å². The van der Waals surface area contributed by atoms with Crippen molar-refractivity contribution in [1.29, 1.82) is 0 Å². The van der Waals surface area contributed by atoms with Crippen LogP contribution in [0.1, 0.15) is 13.3 Å². The average molecular weight is 274 g/mol. The van der Waals surface area contributed by atoms with Crippen molar-refractivity contribution in [1.82, 2.24) is 9.78 Å². The molecule has 1 aliphatic heterocycles. The highest BCUT2D eigenvalue weighted by molar-refractivity contribution is 7.99. The lowest BCUT2D eigenvalue weighted by atomic mass is 10.1. The van der Waals surface area contributed by atoms with Crippen molar-refractivity contribution in [2.45, 2.75) is 19.9 Å². The van der Waals surface area contributed by atoms with E-state index < -0.39 is 0 Å². The quantitative estimate of drug-likeness (QED) is 0.912. The molecule has 94 valence electrons. The minimum Gasteiger partial charge on any atom is -0.382 e. The van der Waals surface area contributed by atoms with Gasteiger partial charge in [-0.15, -0.1) is 0 Å². The van der Waals surface area contributed by atoms with Crippen molar-refractivity contribution in [2.75, 3.05) is 23.4 Å². The van der Waals surface area contributed by atoms with Gasteiger partial charge in [0.1, 0.15) is 5.02 Å². The number of nitrogens with zero attached hydrogens (tertiary/aromatic N) is 2. The van der Waals surface area contributed by atoms with Crippen LogP contribution in [0.5, 0.6) is 0 Å². The predicted octanol–water partition coefficient (Wildman–Crippen LogP) is 2.08. The number of halogens is 1. The zero-order valence-electron chi connectivity index (χ0n) is 9.78. The SMILES string of the molecule is CCn1ncc(NCC2CCSC2)c(Cl)c1=O. The van der Waals surface area contributed by atoms with E-state index >= 15 is 0 Å². The van der Waals surface area contributed by atoms with E-state index in [1.807, 2.05) is 18.7 Å². The summed E-state index contributed by atoms with van der Waals surface area (Å²) in [5.41, 5.74) is 0.429.